The van der Waals surface area contributed by atoms with Gasteiger partial charge >= 0.3 is 0 Å². The highest BCUT2D eigenvalue weighted by Gasteiger charge is 2.15. The highest BCUT2D eigenvalue weighted by molar-refractivity contribution is 14.1. The molecule has 1 aromatic heterocycles. The van der Waals surface area contributed by atoms with E-state index in [-0.39, 0.29) is 5.82 Å². The van der Waals surface area contributed by atoms with Crippen LogP contribution in [0.1, 0.15) is 31.0 Å². The Morgan fingerprint density at radius 1 is 1.35 bits per heavy atom. The van der Waals surface area contributed by atoms with E-state index in [0.717, 1.165) is 20.5 Å². The number of rotatable bonds is 2. The fraction of sp³-hybridized carbons (Fsp3) is 0.308. The molecule has 1 aromatic carbocycles. The monoisotopic (exact) mass is 344 g/mol. The highest BCUT2D eigenvalue weighted by atomic mass is 127. The molecule has 0 radical (unpaired) electrons. The normalized spacial score (nSPS) is 11.2. The molecule has 0 unspecified atom stereocenters. The lowest BCUT2D eigenvalue weighted by molar-refractivity contribution is 0.618. The van der Waals surface area contributed by atoms with Gasteiger partial charge in [-0.25, -0.2) is 4.39 Å². The van der Waals surface area contributed by atoms with Gasteiger partial charge < -0.3 is 0 Å². The minimum atomic E-state index is -0.177. The van der Waals surface area contributed by atoms with Gasteiger partial charge in [-0.15, -0.1) is 0 Å². The van der Waals surface area contributed by atoms with Crippen molar-refractivity contribution in [1.29, 1.82) is 0 Å². The lowest BCUT2D eigenvalue weighted by Gasteiger charge is -2.03. The molecule has 0 saturated carbocycles. The molecule has 0 fully saturated rings. The van der Waals surface area contributed by atoms with Crippen LogP contribution >= 0.6 is 22.6 Å². The number of aromatic amines is 1. The third-order valence-corrected chi connectivity index (χ3v) is 3.83. The van der Waals surface area contributed by atoms with Crippen LogP contribution in [0.3, 0.4) is 0 Å². The summed E-state index contributed by atoms with van der Waals surface area (Å²) in [5.41, 5.74) is 3.63. The summed E-state index contributed by atoms with van der Waals surface area (Å²) in [5.74, 6) is 0.230. The van der Waals surface area contributed by atoms with Gasteiger partial charge in [0.05, 0.1) is 9.26 Å². The van der Waals surface area contributed by atoms with E-state index in [9.17, 15) is 4.39 Å². The van der Waals surface area contributed by atoms with Crippen LogP contribution in [0, 0.1) is 16.3 Å². The molecule has 0 aliphatic carbocycles. The molecule has 2 nitrogen and oxygen atoms in total. The van der Waals surface area contributed by atoms with Crippen LogP contribution < -0.4 is 0 Å². The van der Waals surface area contributed by atoms with Crippen LogP contribution in [-0.4, -0.2) is 10.2 Å². The Balaban J connectivity index is 2.50. The molecule has 2 rings (SSSR count). The quantitative estimate of drug-likeness (QED) is 0.811. The summed E-state index contributed by atoms with van der Waals surface area (Å²) in [7, 11) is 0. The van der Waals surface area contributed by atoms with E-state index < -0.39 is 0 Å². The van der Waals surface area contributed by atoms with Crippen LogP contribution in [0.5, 0.6) is 0 Å². The Morgan fingerprint density at radius 2 is 2.06 bits per heavy atom. The van der Waals surface area contributed by atoms with Crippen LogP contribution in [-0.2, 0) is 0 Å². The van der Waals surface area contributed by atoms with Crippen molar-refractivity contribution in [1.82, 2.24) is 10.2 Å². The number of nitrogens with one attached hydrogen (secondary N) is 1. The first-order valence-corrected chi connectivity index (χ1v) is 6.59. The molecule has 0 aliphatic heterocycles. The minimum Gasteiger partial charge on any atom is -0.281 e. The first-order valence-electron chi connectivity index (χ1n) is 5.51. The van der Waals surface area contributed by atoms with Gasteiger partial charge in [0.25, 0.3) is 0 Å². The van der Waals surface area contributed by atoms with Crippen LogP contribution in [0.2, 0.25) is 0 Å². The summed E-state index contributed by atoms with van der Waals surface area (Å²) in [6.07, 6.45) is 0. The molecule has 0 atom stereocenters. The topological polar surface area (TPSA) is 28.7 Å². The van der Waals surface area contributed by atoms with Gasteiger partial charge in [-0.1, -0.05) is 13.8 Å². The Kier molecular flexibility index (Phi) is 3.51. The summed E-state index contributed by atoms with van der Waals surface area (Å²) in [5, 5.41) is 7.38. The number of aryl methyl sites for hydroxylation is 1. The van der Waals surface area contributed by atoms with Gasteiger partial charge in [-0.05, 0) is 59.2 Å². The maximum atomic E-state index is 13.2. The molecule has 2 aromatic rings. The summed E-state index contributed by atoms with van der Waals surface area (Å²) in [6, 6.07) is 5.09. The molecule has 0 bridgehead atoms. The van der Waals surface area contributed by atoms with Crippen molar-refractivity contribution in [3.05, 3.63) is 38.8 Å². The average Bonchev–Trinajstić information content (AvgIpc) is 2.64. The summed E-state index contributed by atoms with van der Waals surface area (Å²) in [6.45, 7) is 6.01. The largest absolute Gasteiger partial charge is 0.281 e. The summed E-state index contributed by atoms with van der Waals surface area (Å²) in [4.78, 5) is 0. The molecule has 0 amide bonds. The van der Waals surface area contributed by atoms with Crippen molar-refractivity contribution >= 4 is 22.6 Å². The molecule has 17 heavy (non-hydrogen) atoms. The number of hydrogen-bond acceptors (Lipinski definition) is 1. The van der Waals surface area contributed by atoms with E-state index in [2.05, 4.69) is 46.6 Å². The third-order valence-electron chi connectivity index (χ3n) is 2.74. The van der Waals surface area contributed by atoms with Gasteiger partial charge in [0.1, 0.15) is 11.5 Å². The Bertz CT molecular complexity index is 546. The predicted molar refractivity (Wildman–Crippen MR) is 75.5 cm³/mol. The Labute approximate surface area is 114 Å². The van der Waals surface area contributed by atoms with Crippen molar-refractivity contribution in [2.45, 2.75) is 26.7 Å². The van der Waals surface area contributed by atoms with E-state index >= 15 is 0 Å². The maximum Gasteiger partial charge on any atom is 0.126 e. The van der Waals surface area contributed by atoms with E-state index in [1.54, 1.807) is 13.0 Å². The molecule has 0 spiro atoms. The molecule has 1 heterocycles. The molecule has 90 valence electrons. The zero-order valence-electron chi connectivity index (χ0n) is 10.0. The number of halogens is 2. The Morgan fingerprint density at radius 3 is 2.59 bits per heavy atom. The van der Waals surface area contributed by atoms with Crippen LogP contribution in [0.15, 0.2) is 18.2 Å². The second-order valence-corrected chi connectivity index (χ2v) is 5.50. The van der Waals surface area contributed by atoms with E-state index in [1.807, 2.05) is 6.07 Å². The molecule has 1 N–H and O–H groups in total. The smallest absolute Gasteiger partial charge is 0.126 e. The van der Waals surface area contributed by atoms with Crippen molar-refractivity contribution < 1.29 is 4.39 Å². The third kappa shape index (κ3) is 2.36. The molecule has 0 saturated heterocycles. The molecule has 0 aliphatic rings. The minimum absolute atomic E-state index is 0.177. The van der Waals surface area contributed by atoms with Gasteiger partial charge in [-0.3, -0.25) is 5.10 Å². The van der Waals surface area contributed by atoms with Gasteiger partial charge in [0, 0.05) is 5.56 Å². The number of benzene rings is 1. The number of aromatic nitrogens is 2. The fourth-order valence-electron chi connectivity index (χ4n) is 1.71. The SMILES string of the molecule is Cc1cc(-c2n[nH]c(C(C)C)c2I)ccc1F. The summed E-state index contributed by atoms with van der Waals surface area (Å²) < 4.78 is 14.3. The average molecular weight is 344 g/mol. The van der Waals surface area contributed by atoms with Gasteiger partial charge in [0.15, 0.2) is 0 Å². The van der Waals surface area contributed by atoms with E-state index in [0.29, 0.717) is 11.5 Å². The maximum absolute atomic E-state index is 13.2. The number of hydrogen-bond donors (Lipinski definition) is 1. The Hall–Kier alpha value is -0.910. The first kappa shape index (κ1) is 12.5. The molecule has 4 heteroatoms. The molecular weight excluding hydrogens is 330 g/mol. The predicted octanol–water partition coefficient (Wildman–Crippen LogP) is 4.25. The second-order valence-electron chi connectivity index (χ2n) is 4.42. The lowest BCUT2D eigenvalue weighted by atomic mass is 10.1. The molecular formula is C13H14FIN2. The number of H-pyrrole nitrogens is 1. The highest BCUT2D eigenvalue weighted by Crippen LogP contribution is 2.29. The van der Waals surface area contributed by atoms with E-state index in [4.69, 9.17) is 0 Å². The second kappa shape index (κ2) is 4.76. The van der Waals surface area contributed by atoms with Crippen molar-refractivity contribution in [3.63, 3.8) is 0 Å². The van der Waals surface area contributed by atoms with Crippen molar-refractivity contribution in [2.75, 3.05) is 0 Å². The first-order chi connectivity index (χ1) is 8.00. The number of nitrogens with zero attached hydrogens (tertiary/aromatic N) is 1. The lowest BCUT2D eigenvalue weighted by Crippen LogP contribution is -1.90. The van der Waals surface area contributed by atoms with Crippen molar-refractivity contribution in [2.24, 2.45) is 0 Å². The van der Waals surface area contributed by atoms with Gasteiger partial charge in [-0.2, -0.15) is 5.10 Å². The zero-order valence-corrected chi connectivity index (χ0v) is 12.2. The van der Waals surface area contributed by atoms with E-state index in [1.165, 1.54) is 6.07 Å². The van der Waals surface area contributed by atoms with Gasteiger partial charge in [0.2, 0.25) is 0 Å². The fourth-order valence-corrected chi connectivity index (χ4v) is 2.88. The van der Waals surface area contributed by atoms with Crippen LogP contribution in [0.4, 0.5) is 4.39 Å². The summed E-state index contributed by atoms with van der Waals surface area (Å²) >= 11 is 2.29. The van der Waals surface area contributed by atoms with Crippen LogP contribution in [0.25, 0.3) is 11.3 Å². The zero-order chi connectivity index (χ0) is 12.6. The standard InChI is InChI=1S/C13H14FIN2/c1-7(2)12-11(15)13(17-16-12)9-4-5-10(14)8(3)6-9/h4-7H,1-3H3,(H,16,17). The van der Waals surface area contributed by atoms with Crippen molar-refractivity contribution in [3.8, 4) is 11.3 Å².